The topological polar surface area (TPSA) is 67.6 Å². The van der Waals surface area contributed by atoms with Crippen molar-refractivity contribution in [2.45, 2.75) is 12.8 Å². The number of nitrogens with zero attached hydrogens (tertiary/aromatic N) is 1. The molecule has 1 amide bonds. The number of nitrogen functional groups attached to an aromatic ring is 1. The fraction of sp³-hybridized carbons (Fsp3) is 0.533. The summed E-state index contributed by atoms with van der Waals surface area (Å²) in [5.41, 5.74) is 7.32. The molecular formula is C15H25N3O2. The van der Waals surface area contributed by atoms with Crippen LogP contribution in [0.15, 0.2) is 24.3 Å². The van der Waals surface area contributed by atoms with E-state index < -0.39 is 0 Å². The van der Waals surface area contributed by atoms with Crippen LogP contribution in [0.25, 0.3) is 0 Å². The second-order valence-corrected chi connectivity index (χ2v) is 5.10. The van der Waals surface area contributed by atoms with Crippen LogP contribution in [0, 0.1) is 0 Å². The first-order valence-corrected chi connectivity index (χ1v) is 6.86. The van der Waals surface area contributed by atoms with Crippen molar-refractivity contribution in [3.63, 3.8) is 0 Å². The van der Waals surface area contributed by atoms with Crippen LogP contribution in [-0.2, 0) is 9.53 Å². The van der Waals surface area contributed by atoms with Gasteiger partial charge in [-0.15, -0.1) is 0 Å². The van der Waals surface area contributed by atoms with Gasteiger partial charge >= 0.3 is 0 Å². The highest BCUT2D eigenvalue weighted by molar-refractivity contribution is 5.83. The lowest BCUT2D eigenvalue weighted by Gasteiger charge is -2.14. The number of hydrogen-bond donors (Lipinski definition) is 2. The first-order chi connectivity index (χ1) is 9.50. The van der Waals surface area contributed by atoms with Crippen LogP contribution in [0.4, 0.5) is 5.69 Å². The molecule has 0 aromatic heterocycles. The van der Waals surface area contributed by atoms with Crippen LogP contribution in [0.2, 0.25) is 0 Å². The van der Waals surface area contributed by atoms with E-state index in [1.54, 1.807) is 0 Å². The third kappa shape index (κ3) is 6.04. The van der Waals surface area contributed by atoms with E-state index in [0.717, 1.165) is 12.1 Å². The smallest absolute Gasteiger partial charge is 0.227 e. The van der Waals surface area contributed by atoms with E-state index >= 15 is 0 Å². The summed E-state index contributed by atoms with van der Waals surface area (Å²) in [6.07, 6.45) is 0. The molecule has 0 spiro atoms. The monoisotopic (exact) mass is 279 g/mol. The Labute approximate surface area is 121 Å². The highest BCUT2D eigenvalue weighted by Crippen LogP contribution is 2.17. The van der Waals surface area contributed by atoms with Crippen LogP contribution >= 0.6 is 0 Å². The van der Waals surface area contributed by atoms with Crippen molar-refractivity contribution >= 4 is 11.6 Å². The molecule has 3 N–H and O–H groups in total. The number of nitrogens with two attached hydrogens (primary N) is 1. The number of benzene rings is 1. The fourth-order valence-corrected chi connectivity index (χ4v) is 1.73. The Kier molecular flexibility index (Phi) is 7.04. The molecule has 0 aliphatic carbocycles. The summed E-state index contributed by atoms with van der Waals surface area (Å²) in [6, 6.07) is 7.41. The number of likely N-dealkylation sites (N-methyl/N-ethyl adjacent to an activating group) is 1. The Morgan fingerprint density at radius 3 is 2.80 bits per heavy atom. The number of anilines is 1. The van der Waals surface area contributed by atoms with Gasteiger partial charge in [-0.25, -0.2) is 0 Å². The van der Waals surface area contributed by atoms with Gasteiger partial charge in [0.1, 0.15) is 0 Å². The lowest BCUT2D eigenvalue weighted by Crippen LogP contribution is -2.31. The van der Waals surface area contributed by atoms with Gasteiger partial charge in [-0.05, 0) is 38.7 Å². The molecule has 1 rings (SSSR count). The standard InChI is InChI=1S/C15H25N3O2/c1-12(13-5-4-6-14(16)11-13)15(19)17-7-9-20-10-8-18(2)3/h4-6,11-12H,7-10,16H2,1-3H3,(H,17,19). The zero-order valence-corrected chi connectivity index (χ0v) is 12.6. The average molecular weight is 279 g/mol. The summed E-state index contributed by atoms with van der Waals surface area (Å²) in [4.78, 5) is 14.0. The van der Waals surface area contributed by atoms with Crippen molar-refractivity contribution < 1.29 is 9.53 Å². The van der Waals surface area contributed by atoms with E-state index in [2.05, 4.69) is 10.2 Å². The summed E-state index contributed by atoms with van der Waals surface area (Å²) in [5.74, 6) is -0.216. The number of rotatable bonds is 8. The van der Waals surface area contributed by atoms with Crippen LogP contribution in [0.3, 0.4) is 0 Å². The molecule has 0 saturated heterocycles. The van der Waals surface area contributed by atoms with Crippen LogP contribution < -0.4 is 11.1 Å². The first-order valence-electron chi connectivity index (χ1n) is 6.86. The van der Waals surface area contributed by atoms with Gasteiger partial charge < -0.3 is 20.7 Å². The number of carbonyl (C=O) groups excluding carboxylic acids is 1. The number of ether oxygens (including phenoxy) is 1. The highest BCUT2D eigenvalue weighted by atomic mass is 16.5. The van der Waals surface area contributed by atoms with Gasteiger partial charge in [-0.2, -0.15) is 0 Å². The average Bonchev–Trinajstić information content (AvgIpc) is 2.41. The van der Waals surface area contributed by atoms with Crippen LogP contribution in [0.5, 0.6) is 0 Å². The van der Waals surface area contributed by atoms with Crippen molar-refractivity contribution in [3.8, 4) is 0 Å². The molecule has 0 fully saturated rings. The minimum Gasteiger partial charge on any atom is -0.399 e. The van der Waals surface area contributed by atoms with Crippen LogP contribution in [0.1, 0.15) is 18.4 Å². The van der Waals surface area contributed by atoms with E-state index in [4.69, 9.17) is 10.5 Å². The Bertz CT molecular complexity index is 421. The Morgan fingerprint density at radius 2 is 2.15 bits per heavy atom. The second kappa shape index (κ2) is 8.55. The minimum absolute atomic E-state index is 0.00758. The van der Waals surface area contributed by atoms with Gasteiger partial charge in [0.2, 0.25) is 5.91 Å². The summed E-state index contributed by atoms with van der Waals surface area (Å²) in [6.45, 7) is 4.49. The van der Waals surface area contributed by atoms with Crippen molar-refractivity contribution in [2.24, 2.45) is 0 Å². The van der Waals surface area contributed by atoms with E-state index in [1.807, 2.05) is 45.3 Å². The Hall–Kier alpha value is -1.59. The minimum atomic E-state index is -0.208. The van der Waals surface area contributed by atoms with E-state index in [0.29, 0.717) is 25.4 Å². The molecule has 5 nitrogen and oxygen atoms in total. The summed E-state index contributed by atoms with van der Waals surface area (Å²) < 4.78 is 5.42. The van der Waals surface area contributed by atoms with Gasteiger partial charge in [-0.1, -0.05) is 12.1 Å². The molecule has 0 aliphatic rings. The summed E-state index contributed by atoms with van der Waals surface area (Å²) >= 11 is 0. The molecule has 1 aromatic rings. The maximum Gasteiger partial charge on any atom is 0.227 e. The molecule has 0 bridgehead atoms. The summed E-state index contributed by atoms with van der Waals surface area (Å²) in [5, 5.41) is 2.87. The van der Waals surface area contributed by atoms with Crippen molar-refractivity contribution in [1.82, 2.24) is 10.2 Å². The molecule has 1 atom stereocenters. The van der Waals surface area contributed by atoms with Gasteiger partial charge in [0.05, 0.1) is 19.1 Å². The molecule has 1 unspecified atom stereocenters. The van der Waals surface area contributed by atoms with Crippen molar-refractivity contribution in [1.29, 1.82) is 0 Å². The Balaban J connectivity index is 2.25. The third-order valence-electron chi connectivity index (χ3n) is 3.03. The van der Waals surface area contributed by atoms with Gasteiger partial charge in [0.15, 0.2) is 0 Å². The lowest BCUT2D eigenvalue weighted by molar-refractivity contribution is -0.122. The SMILES string of the molecule is CC(C(=O)NCCOCCN(C)C)c1cccc(N)c1. The predicted molar refractivity (Wildman–Crippen MR) is 81.7 cm³/mol. The zero-order chi connectivity index (χ0) is 15.0. The molecule has 1 aromatic carbocycles. The number of carbonyl (C=O) groups is 1. The zero-order valence-electron chi connectivity index (χ0n) is 12.6. The largest absolute Gasteiger partial charge is 0.399 e. The summed E-state index contributed by atoms with van der Waals surface area (Å²) in [7, 11) is 4.00. The van der Waals surface area contributed by atoms with E-state index in [1.165, 1.54) is 0 Å². The molecule has 0 aliphatic heterocycles. The molecule has 0 saturated carbocycles. The van der Waals surface area contributed by atoms with Gasteiger partial charge in [-0.3, -0.25) is 4.79 Å². The predicted octanol–water partition coefficient (Wildman–Crippen LogP) is 1.07. The molecule has 112 valence electrons. The highest BCUT2D eigenvalue weighted by Gasteiger charge is 2.14. The third-order valence-corrected chi connectivity index (χ3v) is 3.03. The van der Waals surface area contributed by atoms with Crippen molar-refractivity contribution in [2.75, 3.05) is 46.1 Å². The van der Waals surface area contributed by atoms with Crippen molar-refractivity contribution in [3.05, 3.63) is 29.8 Å². The van der Waals surface area contributed by atoms with Gasteiger partial charge in [0.25, 0.3) is 0 Å². The quantitative estimate of drug-likeness (QED) is 0.552. The molecule has 5 heteroatoms. The lowest BCUT2D eigenvalue weighted by atomic mass is 10.00. The van der Waals surface area contributed by atoms with E-state index in [9.17, 15) is 4.79 Å². The van der Waals surface area contributed by atoms with Crippen LogP contribution in [-0.4, -0.2) is 51.2 Å². The Morgan fingerprint density at radius 1 is 1.40 bits per heavy atom. The molecular weight excluding hydrogens is 254 g/mol. The molecule has 0 radical (unpaired) electrons. The molecule has 20 heavy (non-hydrogen) atoms. The normalized spacial score (nSPS) is 12.4. The van der Waals surface area contributed by atoms with E-state index in [-0.39, 0.29) is 11.8 Å². The second-order valence-electron chi connectivity index (χ2n) is 5.10. The molecule has 0 heterocycles. The number of amides is 1. The number of hydrogen-bond acceptors (Lipinski definition) is 4. The fourth-order valence-electron chi connectivity index (χ4n) is 1.73. The first kappa shape index (κ1) is 16.5. The maximum atomic E-state index is 12.0. The number of nitrogens with one attached hydrogen (secondary N) is 1. The maximum absolute atomic E-state index is 12.0. The van der Waals surface area contributed by atoms with Gasteiger partial charge in [0, 0.05) is 18.8 Å².